The summed E-state index contributed by atoms with van der Waals surface area (Å²) in [6.07, 6.45) is 0. The molecule has 2 amide bonds. The second-order valence-corrected chi connectivity index (χ2v) is 5.46. The molecule has 1 heterocycles. The van der Waals surface area contributed by atoms with Gasteiger partial charge in [-0.1, -0.05) is 18.2 Å². The minimum Gasteiger partial charge on any atom is -0.483 e. The van der Waals surface area contributed by atoms with Gasteiger partial charge in [-0.2, -0.15) is 0 Å². The first-order valence-electron chi connectivity index (χ1n) is 6.96. The molecule has 6 nitrogen and oxygen atoms in total. The summed E-state index contributed by atoms with van der Waals surface area (Å²) in [5, 5.41) is 2.76. The van der Waals surface area contributed by atoms with E-state index >= 15 is 0 Å². The Morgan fingerprint density at radius 2 is 2.14 bits per heavy atom. The molecule has 1 saturated heterocycles. The number of para-hydroxylation sites is 1. The van der Waals surface area contributed by atoms with Crippen LogP contribution in [0.1, 0.15) is 19.4 Å². The SMILES string of the molecule is CC1(C)C(=O)NCCN1C(=O)COc1ccccc1CN. The maximum atomic E-state index is 12.3. The highest BCUT2D eigenvalue weighted by molar-refractivity contribution is 5.92. The number of nitrogens with zero attached hydrogens (tertiary/aromatic N) is 1. The van der Waals surface area contributed by atoms with Gasteiger partial charge in [-0.25, -0.2) is 0 Å². The fourth-order valence-electron chi connectivity index (χ4n) is 2.37. The molecule has 1 aliphatic rings. The van der Waals surface area contributed by atoms with Gasteiger partial charge in [-0.3, -0.25) is 9.59 Å². The van der Waals surface area contributed by atoms with Crippen LogP contribution in [0.15, 0.2) is 24.3 Å². The summed E-state index contributed by atoms with van der Waals surface area (Å²) in [4.78, 5) is 25.7. The number of nitrogens with one attached hydrogen (secondary N) is 1. The predicted octanol–water partition coefficient (Wildman–Crippen LogP) is 0.261. The average Bonchev–Trinajstić information content (AvgIpc) is 2.47. The quantitative estimate of drug-likeness (QED) is 0.833. The first-order valence-corrected chi connectivity index (χ1v) is 6.96. The zero-order valence-electron chi connectivity index (χ0n) is 12.4. The molecule has 0 spiro atoms. The molecule has 114 valence electrons. The van der Waals surface area contributed by atoms with Crippen LogP contribution in [-0.4, -0.2) is 41.9 Å². The molecule has 6 heteroatoms. The molecule has 1 aromatic carbocycles. The smallest absolute Gasteiger partial charge is 0.261 e. The molecule has 0 bridgehead atoms. The van der Waals surface area contributed by atoms with Crippen molar-refractivity contribution in [2.75, 3.05) is 19.7 Å². The number of hydrogen-bond acceptors (Lipinski definition) is 4. The number of nitrogens with two attached hydrogens (primary N) is 1. The molecule has 1 aromatic rings. The van der Waals surface area contributed by atoms with Crippen LogP contribution >= 0.6 is 0 Å². The highest BCUT2D eigenvalue weighted by atomic mass is 16.5. The van der Waals surface area contributed by atoms with Gasteiger partial charge in [0.2, 0.25) is 5.91 Å². The van der Waals surface area contributed by atoms with Crippen molar-refractivity contribution in [3.63, 3.8) is 0 Å². The number of hydrogen-bond donors (Lipinski definition) is 2. The van der Waals surface area contributed by atoms with Gasteiger partial charge in [0.25, 0.3) is 5.91 Å². The number of benzene rings is 1. The van der Waals surface area contributed by atoms with Gasteiger partial charge >= 0.3 is 0 Å². The second-order valence-electron chi connectivity index (χ2n) is 5.46. The number of carbonyl (C=O) groups is 2. The maximum Gasteiger partial charge on any atom is 0.261 e. The summed E-state index contributed by atoms with van der Waals surface area (Å²) in [6, 6.07) is 7.34. The minimum absolute atomic E-state index is 0.103. The van der Waals surface area contributed by atoms with Crippen molar-refractivity contribution in [1.29, 1.82) is 0 Å². The average molecular weight is 291 g/mol. The molecule has 3 N–H and O–H groups in total. The zero-order chi connectivity index (χ0) is 15.5. The highest BCUT2D eigenvalue weighted by Crippen LogP contribution is 2.20. The topological polar surface area (TPSA) is 84.7 Å². The van der Waals surface area contributed by atoms with Gasteiger partial charge in [0.05, 0.1) is 0 Å². The number of ether oxygens (including phenoxy) is 1. The lowest BCUT2D eigenvalue weighted by Gasteiger charge is -2.41. The van der Waals surface area contributed by atoms with Crippen LogP contribution in [0.3, 0.4) is 0 Å². The number of amides is 2. The van der Waals surface area contributed by atoms with E-state index in [-0.39, 0.29) is 18.4 Å². The maximum absolute atomic E-state index is 12.3. The van der Waals surface area contributed by atoms with E-state index in [4.69, 9.17) is 10.5 Å². The third kappa shape index (κ3) is 3.16. The molecule has 1 fully saturated rings. The molecule has 0 saturated carbocycles. The molecule has 0 unspecified atom stereocenters. The van der Waals surface area contributed by atoms with Gasteiger partial charge in [0.1, 0.15) is 11.3 Å². The van der Waals surface area contributed by atoms with E-state index in [2.05, 4.69) is 5.32 Å². The van der Waals surface area contributed by atoms with Crippen molar-refractivity contribution >= 4 is 11.8 Å². The Kier molecular flexibility index (Phi) is 4.47. The van der Waals surface area contributed by atoms with Crippen LogP contribution in [0.4, 0.5) is 0 Å². The Morgan fingerprint density at radius 3 is 2.86 bits per heavy atom. The third-order valence-electron chi connectivity index (χ3n) is 3.70. The summed E-state index contributed by atoms with van der Waals surface area (Å²) < 4.78 is 5.57. The van der Waals surface area contributed by atoms with Crippen molar-refractivity contribution < 1.29 is 14.3 Å². The van der Waals surface area contributed by atoms with E-state index in [0.29, 0.717) is 25.4 Å². The minimum atomic E-state index is -0.855. The van der Waals surface area contributed by atoms with Crippen molar-refractivity contribution in [2.24, 2.45) is 5.73 Å². The first kappa shape index (κ1) is 15.3. The van der Waals surface area contributed by atoms with Crippen LogP contribution in [0, 0.1) is 0 Å². The number of carbonyl (C=O) groups excluding carboxylic acids is 2. The predicted molar refractivity (Wildman–Crippen MR) is 78.6 cm³/mol. The summed E-state index contributed by atoms with van der Waals surface area (Å²) in [6.45, 7) is 4.66. The molecular weight excluding hydrogens is 270 g/mol. The summed E-state index contributed by atoms with van der Waals surface area (Å²) in [7, 11) is 0. The number of rotatable bonds is 4. The van der Waals surface area contributed by atoms with Crippen molar-refractivity contribution in [3.8, 4) is 5.75 Å². The Morgan fingerprint density at radius 1 is 1.43 bits per heavy atom. The van der Waals surface area contributed by atoms with Gasteiger partial charge in [0.15, 0.2) is 6.61 Å². The van der Waals surface area contributed by atoms with Crippen LogP contribution in [0.25, 0.3) is 0 Å². The fraction of sp³-hybridized carbons (Fsp3) is 0.467. The summed E-state index contributed by atoms with van der Waals surface area (Å²) in [5.74, 6) is 0.249. The van der Waals surface area contributed by atoms with Crippen molar-refractivity contribution in [3.05, 3.63) is 29.8 Å². The molecule has 1 aliphatic heterocycles. The lowest BCUT2D eigenvalue weighted by molar-refractivity contribution is -0.150. The van der Waals surface area contributed by atoms with Crippen LogP contribution in [-0.2, 0) is 16.1 Å². The van der Waals surface area contributed by atoms with E-state index in [1.54, 1.807) is 24.8 Å². The van der Waals surface area contributed by atoms with E-state index in [1.165, 1.54) is 0 Å². The summed E-state index contributed by atoms with van der Waals surface area (Å²) in [5.41, 5.74) is 5.63. The molecule has 21 heavy (non-hydrogen) atoms. The van der Waals surface area contributed by atoms with Crippen LogP contribution in [0.5, 0.6) is 5.75 Å². The molecule has 0 aliphatic carbocycles. The summed E-state index contributed by atoms with van der Waals surface area (Å²) >= 11 is 0. The van der Waals surface area contributed by atoms with Crippen LogP contribution in [0.2, 0.25) is 0 Å². The lowest BCUT2D eigenvalue weighted by Crippen LogP contribution is -2.64. The molecule has 2 rings (SSSR count). The third-order valence-corrected chi connectivity index (χ3v) is 3.70. The van der Waals surface area contributed by atoms with Crippen LogP contribution < -0.4 is 15.8 Å². The van der Waals surface area contributed by atoms with E-state index in [1.807, 2.05) is 18.2 Å². The van der Waals surface area contributed by atoms with E-state index < -0.39 is 5.54 Å². The molecule has 0 atom stereocenters. The van der Waals surface area contributed by atoms with E-state index in [0.717, 1.165) is 5.56 Å². The Labute approximate surface area is 124 Å². The zero-order valence-corrected chi connectivity index (χ0v) is 12.4. The molecule has 0 aromatic heterocycles. The Hall–Kier alpha value is -2.08. The second kappa shape index (κ2) is 6.13. The van der Waals surface area contributed by atoms with Gasteiger partial charge < -0.3 is 20.7 Å². The molecular formula is C15H21N3O3. The first-order chi connectivity index (χ1) is 9.96. The fourth-order valence-corrected chi connectivity index (χ4v) is 2.37. The lowest BCUT2D eigenvalue weighted by atomic mass is 9.99. The molecule has 0 radical (unpaired) electrons. The van der Waals surface area contributed by atoms with Gasteiger partial charge in [-0.15, -0.1) is 0 Å². The monoisotopic (exact) mass is 291 g/mol. The van der Waals surface area contributed by atoms with Crippen molar-refractivity contribution in [2.45, 2.75) is 25.9 Å². The standard InChI is InChI=1S/C15H21N3O3/c1-15(2)14(20)17-7-8-18(15)13(19)10-21-12-6-4-3-5-11(12)9-16/h3-6H,7-10,16H2,1-2H3,(H,17,20). The highest BCUT2D eigenvalue weighted by Gasteiger charge is 2.40. The Bertz CT molecular complexity index is 543. The van der Waals surface area contributed by atoms with Gasteiger partial charge in [0, 0.05) is 25.2 Å². The largest absolute Gasteiger partial charge is 0.483 e. The Balaban J connectivity index is 2.03. The number of piperazine rings is 1. The van der Waals surface area contributed by atoms with E-state index in [9.17, 15) is 9.59 Å². The van der Waals surface area contributed by atoms with Gasteiger partial charge in [-0.05, 0) is 19.9 Å². The normalized spacial score (nSPS) is 17.3. The van der Waals surface area contributed by atoms with Crippen molar-refractivity contribution in [1.82, 2.24) is 10.2 Å².